The fourth-order valence-corrected chi connectivity index (χ4v) is 9.73. The van der Waals surface area contributed by atoms with E-state index >= 15 is 4.79 Å². The molecule has 9 rings (SSSR count). The minimum Gasteiger partial charge on any atom is -0.463 e. The van der Waals surface area contributed by atoms with Crippen LogP contribution in [-0.4, -0.2) is 42.8 Å². The van der Waals surface area contributed by atoms with Crippen LogP contribution in [0.15, 0.2) is 142 Å². The molecule has 0 spiro atoms. The number of carbonyl (C=O) groups is 4. The SMILES string of the molecule is CN(C)c1ccc(N=Nc2ccc(N3C(=O)[C@H]4[C@H](CC=C5[C@H]4C[C@H]4C(=O)N(c6cccc(Cl)c6)C(=O)[C@@]4(c4ccccc4)[C@H]5c4ccc(CO)o4)C3=O)cc2)cc1. The summed E-state index contributed by atoms with van der Waals surface area (Å²) in [5.74, 6) is -4.61. The van der Waals surface area contributed by atoms with E-state index in [0.717, 1.165) is 11.3 Å². The summed E-state index contributed by atoms with van der Waals surface area (Å²) < 4.78 is 6.27. The van der Waals surface area contributed by atoms with Crippen molar-refractivity contribution >= 4 is 63.7 Å². The van der Waals surface area contributed by atoms with Gasteiger partial charge < -0.3 is 14.4 Å². The van der Waals surface area contributed by atoms with Crippen LogP contribution in [0.1, 0.15) is 35.8 Å². The smallest absolute Gasteiger partial charge is 0.246 e. The molecule has 1 aromatic heterocycles. The number of amides is 4. The number of benzene rings is 4. The van der Waals surface area contributed by atoms with E-state index in [1.807, 2.05) is 79.7 Å². The minimum absolute atomic E-state index is 0.148. The summed E-state index contributed by atoms with van der Waals surface area (Å²) in [4.78, 5) is 63.5. The first-order chi connectivity index (χ1) is 27.6. The lowest BCUT2D eigenvalue weighted by atomic mass is 9.50. The Hall–Kier alpha value is -6.17. The third kappa shape index (κ3) is 5.75. The highest BCUT2D eigenvalue weighted by atomic mass is 35.5. The highest BCUT2D eigenvalue weighted by Gasteiger charge is 2.71. The summed E-state index contributed by atoms with van der Waals surface area (Å²) in [6.45, 7) is -0.366. The quantitative estimate of drug-likeness (QED) is 0.0952. The number of hydrogen-bond acceptors (Lipinski definition) is 9. The normalized spacial score (nSPS) is 25.5. The maximum Gasteiger partial charge on any atom is 0.246 e. The third-order valence-corrected chi connectivity index (χ3v) is 12.3. The first kappa shape index (κ1) is 36.5. The van der Waals surface area contributed by atoms with Gasteiger partial charge in [0.25, 0.3) is 0 Å². The van der Waals surface area contributed by atoms with E-state index in [9.17, 15) is 19.5 Å². The van der Waals surface area contributed by atoms with Gasteiger partial charge in [-0.05, 0) is 103 Å². The van der Waals surface area contributed by atoms with E-state index in [1.54, 1.807) is 60.7 Å². The van der Waals surface area contributed by atoms with Gasteiger partial charge in [0.1, 0.15) is 23.5 Å². The monoisotopic (exact) mass is 779 g/mol. The molecule has 286 valence electrons. The van der Waals surface area contributed by atoms with E-state index in [4.69, 9.17) is 16.0 Å². The molecule has 4 aliphatic rings. The number of nitrogens with zero attached hydrogens (tertiary/aromatic N) is 5. The molecule has 57 heavy (non-hydrogen) atoms. The Morgan fingerprint density at radius 3 is 2.12 bits per heavy atom. The second-order valence-electron chi connectivity index (χ2n) is 15.2. The number of hydrogen-bond donors (Lipinski definition) is 1. The zero-order valence-corrected chi connectivity index (χ0v) is 31.9. The van der Waals surface area contributed by atoms with Gasteiger partial charge in [-0.2, -0.15) is 10.2 Å². The Kier molecular flexibility index (Phi) is 9.01. The number of anilines is 3. The van der Waals surface area contributed by atoms with Crippen LogP contribution in [0.4, 0.5) is 28.4 Å². The van der Waals surface area contributed by atoms with E-state index in [-0.39, 0.29) is 31.3 Å². The van der Waals surface area contributed by atoms with Crippen LogP contribution in [0.5, 0.6) is 0 Å². The lowest BCUT2D eigenvalue weighted by Crippen LogP contribution is -2.53. The van der Waals surface area contributed by atoms with Gasteiger partial charge in [0.2, 0.25) is 23.6 Å². The predicted octanol–water partition coefficient (Wildman–Crippen LogP) is 8.27. The van der Waals surface area contributed by atoms with Gasteiger partial charge in [0, 0.05) is 24.8 Å². The summed E-state index contributed by atoms with van der Waals surface area (Å²) in [5.41, 5.74) is 2.96. The van der Waals surface area contributed by atoms with Crippen molar-refractivity contribution in [2.24, 2.45) is 33.9 Å². The maximum absolute atomic E-state index is 15.3. The van der Waals surface area contributed by atoms with Crippen LogP contribution >= 0.6 is 11.6 Å². The lowest BCUT2D eigenvalue weighted by molar-refractivity contribution is -0.127. The Bertz CT molecular complexity index is 2480. The van der Waals surface area contributed by atoms with Crippen molar-refractivity contribution < 1.29 is 28.7 Å². The molecule has 2 saturated heterocycles. The molecule has 3 fully saturated rings. The van der Waals surface area contributed by atoms with E-state index in [1.165, 1.54) is 9.80 Å². The van der Waals surface area contributed by atoms with Crippen molar-refractivity contribution in [2.45, 2.75) is 30.8 Å². The minimum atomic E-state index is -1.47. The molecule has 0 unspecified atom stereocenters. The second kappa shape index (κ2) is 14.1. The lowest BCUT2D eigenvalue weighted by Gasteiger charge is -2.49. The van der Waals surface area contributed by atoms with Crippen molar-refractivity contribution in [1.29, 1.82) is 0 Å². The molecule has 6 atom stereocenters. The number of fused-ring (bicyclic) bond motifs is 4. The highest BCUT2D eigenvalue weighted by molar-refractivity contribution is 6.32. The van der Waals surface area contributed by atoms with Crippen LogP contribution in [0.2, 0.25) is 5.02 Å². The average Bonchev–Trinajstić information content (AvgIpc) is 3.87. The van der Waals surface area contributed by atoms with Gasteiger partial charge in [-0.1, -0.05) is 59.6 Å². The summed E-state index contributed by atoms with van der Waals surface area (Å²) in [7, 11) is 3.93. The Morgan fingerprint density at radius 1 is 0.772 bits per heavy atom. The summed E-state index contributed by atoms with van der Waals surface area (Å²) in [5, 5.41) is 19.1. The predicted molar refractivity (Wildman–Crippen MR) is 215 cm³/mol. The topological polar surface area (TPSA) is 136 Å². The second-order valence-corrected chi connectivity index (χ2v) is 15.6. The molecule has 3 heterocycles. The van der Waals surface area contributed by atoms with E-state index in [2.05, 4.69) is 10.2 Å². The van der Waals surface area contributed by atoms with Gasteiger partial charge in [-0.15, -0.1) is 0 Å². The number of aliphatic hydroxyl groups excluding tert-OH is 1. The number of allylic oxidation sites excluding steroid dienone is 2. The van der Waals surface area contributed by atoms with Crippen LogP contribution in [0.25, 0.3) is 0 Å². The number of halogens is 1. The molecule has 0 bridgehead atoms. The van der Waals surface area contributed by atoms with Crippen molar-refractivity contribution in [3.8, 4) is 0 Å². The van der Waals surface area contributed by atoms with Crippen molar-refractivity contribution in [3.05, 3.63) is 149 Å². The summed E-state index contributed by atoms with van der Waals surface area (Å²) in [6, 6.07) is 33.7. The average molecular weight is 780 g/mol. The first-order valence-corrected chi connectivity index (χ1v) is 19.3. The van der Waals surface area contributed by atoms with Crippen LogP contribution < -0.4 is 14.7 Å². The van der Waals surface area contributed by atoms with Gasteiger partial charge in [0.05, 0.1) is 46.4 Å². The molecule has 4 aromatic carbocycles. The third-order valence-electron chi connectivity index (χ3n) is 12.0. The maximum atomic E-state index is 15.3. The van der Waals surface area contributed by atoms with Crippen molar-refractivity contribution in [1.82, 2.24) is 0 Å². The molecule has 11 nitrogen and oxygen atoms in total. The molecule has 12 heteroatoms. The fourth-order valence-electron chi connectivity index (χ4n) is 9.54. The van der Waals surface area contributed by atoms with Crippen LogP contribution in [0, 0.1) is 23.7 Å². The highest BCUT2D eigenvalue weighted by Crippen LogP contribution is 2.64. The summed E-state index contributed by atoms with van der Waals surface area (Å²) in [6.07, 6.45) is 2.38. The van der Waals surface area contributed by atoms with E-state index in [0.29, 0.717) is 44.9 Å². The number of rotatable bonds is 8. The Labute approximate surface area is 333 Å². The van der Waals surface area contributed by atoms with Gasteiger partial charge in [-0.3, -0.25) is 24.1 Å². The van der Waals surface area contributed by atoms with Crippen LogP contribution in [0.3, 0.4) is 0 Å². The molecule has 2 aliphatic carbocycles. The molecule has 1 N–H and O–H groups in total. The zero-order chi connectivity index (χ0) is 39.6. The molecule has 5 aromatic rings. The number of furan rings is 1. The van der Waals surface area contributed by atoms with Crippen molar-refractivity contribution in [2.75, 3.05) is 28.8 Å². The number of aliphatic hydroxyl groups is 1. The molecule has 0 radical (unpaired) electrons. The fraction of sp³-hybridized carbons (Fsp3) is 0.244. The Balaban J connectivity index is 1.10. The number of carbonyl (C=O) groups excluding carboxylic acids is 4. The Morgan fingerprint density at radius 2 is 1.47 bits per heavy atom. The van der Waals surface area contributed by atoms with E-state index < -0.39 is 46.8 Å². The van der Waals surface area contributed by atoms with Crippen LogP contribution in [-0.2, 0) is 31.2 Å². The standard InChI is InChI=1S/C45H38ClN5O6/c1-49(2)30-15-11-28(12-16-30)47-48-29-13-17-31(18-14-29)50-41(53)35-21-20-34-36(39(35)43(50)55)24-37-42(54)51(32-10-6-9-27(46)23-32)44(56)45(37,26-7-4-3-5-8-26)40(34)38-22-19-33(25-52)57-38/h3-20,22-23,35-37,39-40,52H,21,24-25H2,1-2H3/t35-,36+,37-,39-,40+,45+/m0/s1. The van der Waals surface area contributed by atoms with Gasteiger partial charge in [0.15, 0.2) is 0 Å². The van der Waals surface area contributed by atoms with Gasteiger partial charge in [-0.25, -0.2) is 4.90 Å². The molecular weight excluding hydrogens is 742 g/mol. The molecule has 4 amide bonds. The molecule has 2 aliphatic heterocycles. The first-order valence-electron chi connectivity index (χ1n) is 18.9. The zero-order valence-electron chi connectivity index (χ0n) is 31.2. The summed E-state index contributed by atoms with van der Waals surface area (Å²) >= 11 is 6.40. The molecule has 1 saturated carbocycles. The molecular formula is C45H38ClN5O6. The number of imide groups is 2. The largest absolute Gasteiger partial charge is 0.463 e. The van der Waals surface area contributed by atoms with Gasteiger partial charge >= 0.3 is 0 Å². The van der Waals surface area contributed by atoms with Crippen molar-refractivity contribution in [3.63, 3.8) is 0 Å². The number of azo groups is 1.